The molecule has 0 aliphatic carbocycles. The van der Waals surface area contributed by atoms with Gasteiger partial charge in [-0.3, -0.25) is 4.99 Å². The molecule has 0 bridgehead atoms. The van der Waals surface area contributed by atoms with Crippen LogP contribution >= 0.6 is 0 Å². The van der Waals surface area contributed by atoms with Gasteiger partial charge in [0.15, 0.2) is 6.17 Å². The van der Waals surface area contributed by atoms with Crippen LogP contribution in [0, 0.1) is 0 Å². The Morgan fingerprint density at radius 2 is 2.00 bits per heavy atom. The molecule has 1 atom stereocenters. The van der Waals surface area contributed by atoms with Crippen molar-refractivity contribution < 1.29 is 15.4 Å². The van der Waals surface area contributed by atoms with Gasteiger partial charge in [-0.25, -0.2) is 0 Å². The molecule has 1 aliphatic rings. The highest BCUT2D eigenvalue weighted by Crippen LogP contribution is 2.40. The lowest BCUT2D eigenvalue weighted by molar-refractivity contribution is -0.160. The molecule has 0 spiro atoms. The van der Waals surface area contributed by atoms with E-state index in [-0.39, 0.29) is 11.5 Å². The second-order valence-corrected chi connectivity index (χ2v) is 4.95. The zero-order valence-electron chi connectivity index (χ0n) is 10.8. The standard InChI is InChI=1S/C13H18N2O3/c1-4-11-13(2,3)15(18)12(14-11)9-6-5-8(16)7-10(9)17/h5-7,12,16-18H,4H2,1-3H3. The lowest BCUT2D eigenvalue weighted by atomic mass is 9.97. The zero-order chi connectivity index (χ0) is 13.5. The van der Waals surface area contributed by atoms with Crippen LogP contribution in [-0.4, -0.2) is 31.7 Å². The Balaban J connectivity index is 2.44. The van der Waals surface area contributed by atoms with E-state index in [0.29, 0.717) is 5.56 Å². The number of aromatic hydroxyl groups is 2. The summed E-state index contributed by atoms with van der Waals surface area (Å²) in [5.74, 6) is -0.0892. The van der Waals surface area contributed by atoms with Crippen molar-refractivity contribution in [2.24, 2.45) is 4.99 Å². The lowest BCUT2D eigenvalue weighted by Crippen LogP contribution is -2.43. The molecule has 98 valence electrons. The monoisotopic (exact) mass is 250 g/mol. The number of hydroxylamine groups is 2. The molecule has 1 heterocycles. The highest BCUT2D eigenvalue weighted by molar-refractivity contribution is 5.94. The van der Waals surface area contributed by atoms with E-state index in [1.54, 1.807) is 6.07 Å². The largest absolute Gasteiger partial charge is 0.508 e. The minimum Gasteiger partial charge on any atom is -0.508 e. The molecule has 5 nitrogen and oxygen atoms in total. The number of benzene rings is 1. The molecule has 1 unspecified atom stereocenters. The number of phenolic OH excluding ortho intramolecular Hbond substituents is 2. The summed E-state index contributed by atoms with van der Waals surface area (Å²) < 4.78 is 0. The van der Waals surface area contributed by atoms with Crippen LogP contribution in [0.1, 0.15) is 38.9 Å². The fourth-order valence-electron chi connectivity index (χ4n) is 2.27. The molecule has 18 heavy (non-hydrogen) atoms. The summed E-state index contributed by atoms with van der Waals surface area (Å²) in [7, 11) is 0. The smallest absolute Gasteiger partial charge is 0.154 e. The maximum atomic E-state index is 10.2. The number of rotatable bonds is 2. The van der Waals surface area contributed by atoms with Gasteiger partial charge in [-0.2, -0.15) is 5.06 Å². The van der Waals surface area contributed by atoms with Crippen molar-refractivity contribution in [2.45, 2.75) is 38.9 Å². The van der Waals surface area contributed by atoms with E-state index in [1.807, 2.05) is 20.8 Å². The average Bonchev–Trinajstić information content (AvgIpc) is 2.52. The fraction of sp³-hybridized carbons (Fsp3) is 0.462. The maximum absolute atomic E-state index is 10.2. The molecule has 0 amide bonds. The van der Waals surface area contributed by atoms with Crippen LogP contribution in [0.5, 0.6) is 11.5 Å². The van der Waals surface area contributed by atoms with Crippen molar-refractivity contribution in [3.05, 3.63) is 23.8 Å². The molecule has 3 N–H and O–H groups in total. The highest BCUT2D eigenvalue weighted by Gasteiger charge is 2.42. The topological polar surface area (TPSA) is 76.3 Å². The van der Waals surface area contributed by atoms with Crippen LogP contribution in [0.4, 0.5) is 0 Å². The molecule has 1 aliphatic heterocycles. The quantitative estimate of drug-likeness (QED) is 0.753. The van der Waals surface area contributed by atoms with E-state index in [4.69, 9.17) is 0 Å². The van der Waals surface area contributed by atoms with Gasteiger partial charge >= 0.3 is 0 Å². The van der Waals surface area contributed by atoms with Gasteiger partial charge in [0.25, 0.3) is 0 Å². The van der Waals surface area contributed by atoms with E-state index in [0.717, 1.165) is 17.2 Å². The molecule has 5 heteroatoms. The first-order valence-corrected chi connectivity index (χ1v) is 5.95. The average molecular weight is 250 g/mol. The zero-order valence-corrected chi connectivity index (χ0v) is 10.8. The van der Waals surface area contributed by atoms with Gasteiger partial charge in [-0.1, -0.05) is 6.92 Å². The summed E-state index contributed by atoms with van der Waals surface area (Å²) in [4.78, 5) is 4.45. The van der Waals surface area contributed by atoms with Crippen LogP contribution in [0.15, 0.2) is 23.2 Å². The van der Waals surface area contributed by atoms with E-state index in [2.05, 4.69) is 4.99 Å². The SMILES string of the molecule is CCC1=NC(c2ccc(O)cc2O)N(O)C1(C)C. The summed E-state index contributed by atoms with van der Waals surface area (Å²) in [5, 5.41) is 30.5. The van der Waals surface area contributed by atoms with Gasteiger partial charge < -0.3 is 15.4 Å². The van der Waals surface area contributed by atoms with Crippen LogP contribution in [0.25, 0.3) is 0 Å². The van der Waals surface area contributed by atoms with Crippen LogP contribution in [0.3, 0.4) is 0 Å². The van der Waals surface area contributed by atoms with Crippen molar-refractivity contribution in [1.82, 2.24) is 5.06 Å². The maximum Gasteiger partial charge on any atom is 0.154 e. The van der Waals surface area contributed by atoms with E-state index in [9.17, 15) is 15.4 Å². The van der Waals surface area contributed by atoms with Gasteiger partial charge in [0.1, 0.15) is 11.5 Å². The summed E-state index contributed by atoms with van der Waals surface area (Å²) in [6.07, 6.45) is 0.106. The first kappa shape index (κ1) is 12.9. The molecule has 0 fully saturated rings. The van der Waals surface area contributed by atoms with Crippen LogP contribution < -0.4 is 0 Å². The van der Waals surface area contributed by atoms with Gasteiger partial charge in [0, 0.05) is 17.3 Å². The minimum atomic E-state index is -0.629. The molecule has 1 aromatic rings. The fourth-order valence-corrected chi connectivity index (χ4v) is 2.27. The van der Waals surface area contributed by atoms with Crippen molar-refractivity contribution in [1.29, 1.82) is 0 Å². The third-order valence-electron chi connectivity index (χ3n) is 3.42. The van der Waals surface area contributed by atoms with Crippen molar-refractivity contribution >= 4 is 5.71 Å². The third kappa shape index (κ3) is 1.85. The Kier molecular flexibility index (Phi) is 3.04. The Hall–Kier alpha value is -1.59. The normalized spacial score (nSPS) is 23.1. The first-order valence-electron chi connectivity index (χ1n) is 5.95. The third-order valence-corrected chi connectivity index (χ3v) is 3.42. The van der Waals surface area contributed by atoms with Gasteiger partial charge in [-0.15, -0.1) is 0 Å². The number of phenols is 2. The van der Waals surface area contributed by atoms with Gasteiger partial charge in [0.2, 0.25) is 0 Å². The molecule has 1 aromatic carbocycles. The van der Waals surface area contributed by atoms with Crippen molar-refractivity contribution in [2.75, 3.05) is 0 Å². The van der Waals surface area contributed by atoms with Crippen molar-refractivity contribution in [3.8, 4) is 11.5 Å². The highest BCUT2D eigenvalue weighted by atomic mass is 16.5. The summed E-state index contributed by atoms with van der Waals surface area (Å²) in [6.45, 7) is 5.74. The van der Waals surface area contributed by atoms with Gasteiger partial charge in [-0.05, 0) is 32.4 Å². The molecule has 0 aromatic heterocycles. The number of hydrogen-bond acceptors (Lipinski definition) is 5. The molecular weight excluding hydrogens is 232 g/mol. The number of nitrogens with zero attached hydrogens (tertiary/aromatic N) is 2. The number of hydrogen-bond donors (Lipinski definition) is 3. The minimum absolute atomic E-state index is 0.0160. The molecule has 0 saturated heterocycles. The summed E-state index contributed by atoms with van der Waals surface area (Å²) >= 11 is 0. The second-order valence-electron chi connectivity index (χ2n) is 4.95. The molecule has 2 rings (SSSR count). The Morgan fingerprint density at radius 1 is 1.33 bits per heavy atom. The second kappa shape index (κ2) is 4.26. The summed E-state index contributed by atoms with van der Waals surface area (Å²) in [6, 6.07) is 4.28. The predicted octanol–water partition coefficient (Wildman–Crippen LogP) is 2.43. The van der Waals surface area contributed by atoms with Gasteiger partial charge in [0.05, 0.1) is 5.54 Å². The van der Waals surface area contributed by atoms with E-state index >= 15 is 0 Å². The Labute approximate surface area is 106 Å². The number of aliphatic imine (C=N–C) groups is 1. The Morgan fingerprint density at radius 3 is 2.50 bits per heavy atom. The van der Waals surface area contributed by atoms with Crippen molar-refractivity contribution in [3.63, 3.8) is 0 Å². The first-order chi connectivity index (χ1) is 8.37. The summed E-state index contributed by atoms with van der Waals surface area (Å²) in [5.41, 5.74) is 0.804. The predicted molar refractivity (Wildman–Crippen MR) is 67.9 cm³/mol. The molecule has 0 radical (unpaired) electrons. The lowest BCUT2D eigenvalue weighted by Gasteiger charge is -2.30. The van der Waals surface area contributed by atoms with Crippen LogP contribution in [0.2, 0.25) is 0 Å². The molecular formula is C13H18N2O3. The van der Waals surface area contributed by atoms with E-state index < -0.39 is 11.7 Å². The molecule has 0 saturated carbocycles. The van der Waals surface area contributed by atoms with Crippen LogP contribution in [-0.2, 0) is 0 Å². The van der Waals surface area contributed by atoms with E-state index in [1.165, 1.54) is 12.1 Å². The Bertz CT molecular complexity index is 497.